The van der Waals surface area contributed by atoms with Crippen LogP contribution in [0.2, 0.25) is 5.02 Å². The lowest BCUT2D eigenvalue weighted by atomic mass is 10.2. The van der Waals surface area contributed by atoms with Crippen LogP contribution in [0.5, 0.6) is 0 Å². The predicted molar refractivity (Wildman–Crippen MR) is 66.8 cm³/mol. The number of allylic oxidation sites excluding steroid dienone is 1. The number of nitrogens with zero attached hydrogens (tertiary/aromatic N) is 2. The minimum Gasteiger partial charge on any atom is -0.360 e. The van der Waals surface area contributed by atoms with Crippen LogP contribution in [-0.4, -0.2) is 0 Å². The van der Waals surface area contributed by atoms with Crippen LogP contribution in [0.25, 0.3) is 0 Å². The second-order valence-electron chi connectivity index (χ2n) is 3.01. The van der Waals surface area contributed by atoms with Gasteiger partial charge in [0, 0.05) is 16.4 Å². The van der Waals surface area contributed by atoms with Crippen molar-refractivity contribution in [2.75, 3.05) is 5.32 Å². The van der Waals surface area contributed by atoms with E-state index in [4.69, 9.17) is 22.1 Å². The molecule has 0 bridgehead atoms. The standard InChI is InChI=1S/C11H7BrClN3/c1-7-2-10(13)9(12)3-11(7)16-6-8(4-14)5-15/h2-3,6,16H,1H3. The van der Waals surface area contributed by atoms with Crippen molar-refractivity contribution in [2.45, 2.75) is 6.92 Å². The lowest BCUT2D eigenvalue weighted by molar-refractivity contribution is 1.40. The molecule has 0 saturated heterocycles. The van der Waals surface area contributed by atoms with E-state index in [1.807, 2.05) is 6.92 Å². The fourth-order valence-electron chi connectivity index (χ4n) is 1.04. The summed E-state index contributed by atoms with van der Waals surface area (Å²) in [7, 11) is 0. The smallest absolute Gasteiger partial charge is 0.145 e. The molecule has 16 heavy (non-hydrogen) atoms. The Morgan fingerprint density at radius 1 is 1.44 bits per heavy atom. The Bertz CT molecular complexity index is 507. The summed E-state index contributed by atoms with van der Waals surface area (Å²) in [4.78, 5) is 0. The van der Waals surface area contributed by atoms with E-state index in [1.165, 1.54) is 6.20 Å². The fourth-order valence-corrected chi connectivity index (χ4v) is 1.60. The molecular formula is C11H7BrClN3. The highest BCUT2D eigenvalue weighted by molar-refractivity contribution is 9.10. The summed E-state index contributed by atoms with van der Waals surface area (Å²) in [5.41, 5.74) is 1.74. The molecule has 0 aliphatic carbocycles. The topological polar surface area (TPSA) is 59.6 Å². The van der Waals surface area contributed by atoms with Crippen molar-refractivity contribution in [3.8, 4) is 12.1 Å². The highest BCUT2D eigenvalue weighted by Crippen LogP contribution is 2.28. The fraction of sp³-hybridized carbons (Fsp3) is 0.0909. The zero-order valence-electron chi connectivity index (χ0n) is 8.38. The highest BCUT2D eigenvalue weighted by Gasteiger charge is 2.03. The Balaban J connectivity index is 3.01. The van der Waals surface area contributed by atoms with Gasteiger partial charge >= 0.3 is 0 Å². The lowest BCUT2D eigenvalue weighted by Gasteiger charge is -2.07. The van der Waals surface area contributed by atoms with Crippen LogP contribution in [0.1, 0.15) is 5.56 Å². The maximum absolute atomic E-state index is 8.56. The third kappa shape index (κ3) is 3.00. The van der Waals surface area contributed by atoms with Gasteiger partial charge in [0.2, 0.25) is 0 Å². The summed E-state index contributed by atoms with van der Waals surface area (Å²) >= 11 is 9.21. The lowest BCUT2D eigenvalue weighted by Crippen LogP contribution is -1.93. The molecule has 3 nitrogen and oxygen atoms in total. The van der Waals surface area contributed by atoms with Gasteiger partial charge in [0.25, 0.3) is 0 Å². The first-order valence-corrected chi connectivity index (χ1v) is 5.48. The van der Waals surface area contributed by atoms with Crippen molar-refractivity contribution in [1.82, 2.24) is 0 Å². The maximum Gasteiger partial charge on any atom is 0.145 e. The van der Waals surface area contributed by atoms with Crippen LogP contribution < -0.4 is 5.32 Å². The third-order valence-corrected chi connectivity index (χ3v) is 3.08. The zero-order chi connectivity index (χ0) is 12.1. The van der Waals surface area contributed by atoms with Crippen molar-refractivity contribution < 1.29 is 0 Å². The number of aryl methyl sites for hydroxylation is 1. The Labute approximate surface area is 107 Å². The van der Waals surface area contributed by atoms with E-state index in [1.54, 1.807) is 24.3 Å². The van der Waals surface area contributed by atoms with Gasteiger partial charge in [-0.05, 0) is 40.5 Å². The molecule has 80 valence electrons. The van der Waals surface area contributed by atoms with Gasteiger partial charge in [-0.1, -0.05) is 11.6 Å². The molecule has 0 heterocycles. The van der Waals surface area contributed by atoms with Gasteiger partial charge in [-0.3, -0.25) is 0 Å². The second-order valence-corrected chi connectivity index (χ2v) is 4.27. The Morgan fingerprint density at radius 2 is 2.06 bits per heavy atom. The van der Waals surface area contributed by atoms with Crippen molar-refractivity contribution in [3.63, 3.8) is 0 Å². The van der Waals surface area contributed by atoms with Gasteiger partial charge in [0.1, 0.15) is 17.7 Å². The van der Waals surface area contributed by atoms with Crippen LogP contribution in [-0.2, 0) is 0 Å². The predicted octanol–water partition coefficient (Wildman–Crippen LogP) is 3.75. The van der Waals surface area contributed by atoms with Crippen LogP contribution in [0.15, 0.2) is 28.4 Å². The number of halogens is 2. The molecule has 1 aromatic carbocycles. The molecule has 0 aliphatic heterocycles. The van der Waals surface area contributed by atoms with Crippen LogP contribution in [0.3, 0.4) is 0 Å². The molecule has 1 aromatic rings. The summed E-state index contributed by atoms with van der Waals surface area (Å²) in [6.45, 7) is 1.88. The first-order valence-electron chi connectivity index (χ1n) is 4.31. The number of nitriles is 2. The average molecular weight is 297 g/mol. The third-order valence-electron chi connectivity index (χ3n) is 1.88. The molecule has 0 unspecified atom stereocenters. The van der Waals surface area contributed by atoms with Crippen LogP contribution >= 0.6 is 27.5 Å². The van der Waals surface area contributed by atoms with Crippen LogP contribution in [0.4, 0.5) is 5.69 Å². The van der Waals surface area contributed by atoms with E-state index >= 15 is 0 Å². The average Bonchev–Trinajstić information content (AvgIpc) is 2.26. The maximum atomic E-state index is 8.56. The Morgan fingerprint density at radius 3 is 2.62 bits per heavy atom. The van der Waals surface area contributed by atoms with E-state index < -0.39 is 0 Å². The number of anilines is 1. The van der Waals surface area contributed by atoms with Gasteiger partial charge in [-0.25, -0.2) is 0 Å². The molecule has 0 spiro atoms. The van der Waals surface area contributed by atoms with Gasteiger partial charge in [0.15, 0.2) is 0 Å². The van der Waals surface area contributed by atoms with Crippen molar-refractivity contribution in [2.24, 2.45) is 0 Å². The minimum atomic E-state index is 0.0190. The Hall–Kier alpha value is -1.49. The SMILES string of the molecule is Cc1cc(Cl)c(Br)cc1NC=C(C#N)C#N. The summed E-state index contributed by atoms with van der Waals surface area (Å²) in [6, 6.07) is 7.12. The summed E-state index contributed by atoms with van der Waals surface area (Å²) in [6.07, 6.45) is 1.36. The van der Waals surface area contributed by atoms with Gasteiger partial charge in [0.05, 0.1) is 5.02 Å². The number of nitrogens with one attached hydrogen (secondary N) is 1. The molecule has 5 heteroatoms. The van der Waals surface area contributed by atoms with Crippen molar-refractivity contribution in [1.29, 1.82) is 10.5 Å². The normalized spacial score (nSPS) is 8.81. The van der Waals surface area contributed by atoms with Gasteiger partial charge in [-0.2, -0.15) is 10.5 Å². The van der Waals surface area contributed by atoms with Gasteiger partial charge < -0.3 is 5.32 Å². The van der Waals surface area contributed by atoms with Crippen LogP contribution in [0, 0.1) is 29.6 Å². The molecule has 0 amide bonds. The highest BCUT2D eigenvalue weighted by atomic mass is 79.9. The van der Waals surface area contributed by atoms with E-state index in [-0.39, 0.29) is 5.57 Å². The number of benzene rings is 1. The first kappa shape index (κ1) is 12.6. The molecule has 1 N–H and O–H groups in total. The van der Waals surface area contributed by atoms with E-state index in [9.17, 15) is 0 Å². The summed E-state index contributed by atoms with van der Waals surface area (Å²) in [5, 5.41) is 20.6. The van der Waals surface area contributed by atoms with Gasteiger partial charge in [-0.15, -0.1) is 0 Å². The zero-order valence-corrected chi connectivity index (χ0v) is 10.7. The number of rotatable bonds is 2. The summed E-state index contributed by atoms with van der Waals surface area (Å²) in [5.74, 6) is 0. The number of hydrogen-bond donors (Lipinski definition) is 1. The number of hydrogen-bond acceptors (Lipinski definition) is 3. The van der Waals surface area contributed by atoms with Crippen molar-refractivity contribution >= 4 is 33.2 Å². The molecule has 0 fully saturated rings. The van der Waals surface area contributed by atoms with E-state index in [0.717, 1.165) is 15.7 Å². The summed E-state index contributed by atoms with van der Waals surface area (Å²) < 4.78 is 0.756. The Kier molecular flexibility index (Phi) is 4.37. The molecule has 0 aromatic heterocycles. The molecule has 0 saturated carbocycles. The monoisotopic (exact) mass is 295 g/mol. The van der Waals surface area contributed by atoms with Crippen molar-refractivity contribution in [3.05, 3.63) is 39.0 Å². The minimum absolute atomic E-state index is 0.0190. The molecule has 0 radical (unpaired) electrons. The first-order chi connectivity index (χ1) is 7.58. The van der Waals surface area contributed by atoms with E-state index in [2.05, 4.69) is 21.2 Å². The largest absolute Gasteiger partial charge is 0.360 e. The van der Waals surface area contributed by atoms with E-state index in [0.29, 0.717) is 5.02 Å². The molecular weight excluding hydrogens is 289 g/mol. The quantitative estimate of drug-likeness (QED) is 0.845. The second kappa shape index (κ2) is 5.55. The molecule has 1 rings (SSSR count). The molecule has 0 aliphatic rings. The molecule has 0 atom stereocenters.